The number of thiophene rings is 1. The highest BCUT2D eigenvalue weighted by molar-refractivity contribution is 7.98. The number of aromatic nitrogens is 5. The van der Waals surface area contributed by atoms with Crippen LogP contribution in [0.5, 0.6) is 0 Å². The van der Waals surface area contributed by atoms with Crippen molar-refractivity contribution in [3.05, 3.63) is 27.9 Å². The maximum Gasteiger partial charge on any atom is 0.209 e. The minimum atomic E-state index is 0.518. The second kappa shape index (κ2) is 5.27. The zero-order chi connectivity index (χ0) is 13.4. The van der Waals surface area contributed by atoms with Gasteiger partial charge in [0, 0.05) is 22.1 Å². The Bertz CT molecular complexity index is 698. The van der Waals surface area contributed by atoms with Crippen LogP contribution in [0.15, 0.2) is 27.4 Å². The van der Waals surface area contributed by atoms with Crippen LogP contribution in [0, 0.1) is 0 Å². The van der Waals surface area contributed by atoms with E-state index in [1.165, 1.54) is 18.4 Å². The average molecular weight is 321 g/mol. The molecule has 1 aliphatic rings. The topological polar surface area (TPSA) is 56.5 Å². The molecule has 5 nitrogen and oxygen atoms in total. The van der Waals surface area contributed by atoms with Crippen LogP contribution in [-0.4, -0.2) is 25.2 Å². The summed E-state index contributed by atoms with van der Waals surface area (Å²) in [6.07, 6.45) is 2.38. The third-order valence-electron chi connectivity index (χ3n) is 3.02. The molecule has 1 aliphatic carbocycles. The molecule has 102 valence electrons. The third kappa shape index (κ3) is 2.50. The number of hydrogen-bond acceptors (Lipinski definition) is 7. The van der Waals surface area contributed by atoms with E-state index in [0.29, 0.717) is 6.04 Å². The largest absolute Gasteiger partial charge is 0.240 e. The lowest BCUT2D eigenvalue weighted by Gasteiger charge is -2.00. The van der Waals surface area contributed by atoms with Crippen molar-refractivity contribution in [1.82, 2.24) is 25.2 Å². The maximum absolute atomic E-state index is 4.67. The van der Waals surface area contributed by atoms with Gasteiger partial charge < -0.3 is 0 Å². The Balaban J connectivity index is 1.45. The summed E-state index contributed by atoms with van der Waals surface area (Å²) in [5.41, 5.74) is 2.30. The lowest BCUT2D eigenvalue weighted by Crippen LogP contribution is -1.98. The van der Waals surface area contributed by atoms with Gasteiger partial charge >= 0.3 is 0 Å². The van der Waals surface area contributed by atoms with Crippen molar-refractivity contribution in [3.63, 3.8) is 0 Å². The van der Waals surface area contributed by atoms with Crippen LogP contribution in [-0.2, 0) is 5.75 Å². The van der Waals surface area contributed by atoms with E-state index in [4.69, 9.17) is 0 Å². The lowest BCUT2D eigenvalue weighted by molar-refractivity contribution is 0.565. The van der Waals surface area contributed by atoms with Gasteiger partial charge in [0.2, 0.25) is 5.16 Å². The summed E-state index contributed by atoms with van der Waals surface area (Å²) < 4.78 is 1.94. The van der Waals surface area contributed by atoms with Crippen LogP contribution < -0.4 is 0 Å². The van der Waals surface area contributed by atoms with Gasteiger partial charge in [-0.3, -0.25) is 0 Å². The quantitative estimate of drug-likeness (QED) is 0.673. The van der Waals surface area contributed by atoms with Crippen molar-refractivity contribution in [2.24, 2.45) is 0 Å². The Morgan fingerprint density at radius 2 is 2.30 bits per heavy atom. The Kier molecular flexibility index (Phi) is 3.29. The Morgan fingerprint density at radius 3 is 3.10 bits per heavy atom. The average Bonchev–Trinajstić information content (AvgIpc) is 2.93. The van der Waals surface area contributed by atoms with E-state index in [1.807, 2.05) is 4.68 Å². The highest BCUT2D eigenvalue weighted by atomic mass is 32.2. The first-order valence-corrected chi connectivity index (χ1v) is 9.08. The molecule has 0 amide bonds. The van der Waals surface area contributed by atoms with Crippen LogP contribution in [0.4, 0.5) is 0 Å². The van der Waals surface area contributed by atoms with E-state index in [9.17, 15) is 0 Å². The lowest BCUT2D eigenvalue weighted by atomic mass is 10.4. The first-order valence-electron chi connectivity index (χ1n) is 6.28. The molecule has 0 spiro atoms. The van der Waals surface area contributed by atoms with Crippen LogP contribution in [0.2, 0.25) is 0 Å². The fraction of sp³-hybridized carbons (Fsp3) is 0.333. The summed E-state index contributed by atoms with van der Waals surface area (Å²) in [4.78, 5) is 4.67. The van der Waals surface area contributed by atoms with Gasteiger partial charge in [-0.05, 0) is 34.7 Å². The van der Waals surface area contributed by atoms with E-state index in [1.54, 1.807) is 34.4 Å². The molecule has 1 fully saturated rings. The van der Waals surface area contributed by atoms with Gasteiger partial charge in [0.25, 0.3) is 0 Å². The molecule has 3 aromatic rings. The summed E-state index contributed by atoms with van der Waals surface area (Å²) in [6.45, 7) is 0. The van der Waals surface area contributed by atoms with Crippen molar-refractivity contribution in [2.45, 2.75) is 29.8 Å². The SMILES string of the molecule is c1cc(-c2nc(CSc3nnnn3C3CC3)cs2)cs1. The van der Waals surface area contributed by atoms with Gasteiger partial charge in [-0.1, -0.05) is 11.8 Å². The number of tetrazole rings is 1. The second-order valence-corrected chi connectivity index (χ2v) is 7.16. The van der Waals surface area contributed by atoms with Gasteiger partial charge in [-0.15, -0.1) is 16.4 Å². The second-order valence-electron chi connectivity index (χ2n) is 4.58. The van der Waals surface area contributed by atoms with Crippen molar-refractivity contribution >= 4 is 34.4 Å². The van der Waals surface area contributed by atoms with Crippen LogP contribution in [0.3, 0.4) is 0 Å². The molecular weight excluding hydrogens is 310 g/mol. The summed E-state index contributed by atoms with van der Waals surface area (Å²) in [6, 6.07) is 2.62. The Hall–Kier alpha value is -1.25. The van der Waals surface area contributed by atoms with E-state index < -0.39 is 0 Å². The zero-order valence-electron chi connectivity index (χ0n) is 10.5. The molecule has 3 aromatic heterocycles. The molecule has 8 heteroatoms. The Morgan fingerprint density at radius 1 is 1.35 bits per heavy atom. The molecule has 0 unspecified atom stereocenters. The molecule has 0 bridgehead atoms. The van der Waals surface area contributed by atoms with E-state index in [-0.39, 0.29) is 0 Å². The highest BCUT2D eigenvalue weighted by Gasteiger charge is 2.27. The molecule has 0 saturated heterocycles. The molecule has 0 aromatic carbocycles. The number of rotatable bonds is 5. The molecule has 0 aliphatic heterocycles. The zero-order valence-corrected chi connectivity index (χ0v) is 12.9. The smallest absolute Gasteiger partial charge is 0.209 e. The molecule has 20 heavy (non-hydrogen) atoms. The molecule has 0 radical (unpaired) electrons. The number of thiazole rings is 1. The predicted molar refractivity (Wildman–Crippen MR) is 81.1 cm³/mol. The van der Waals surface area contributed by atoms with Crippen molar-refractivity contribution in [1.29, 1.82) is 0 Å². The molecule has 3 heterocycles. The number of thioether (sulfide) groups is 1. The highest BCUT2D eigenvalue weighted by Crippen LogP contribution is 2.37. The van der Waals surface area contributed by atoms with Crippen LogP contribution in [0.25, 0.3) is 10.6 Å². The van der Waals surface area contributed by atoms with Crippen molar-refractivity contribution in [2.75, 3.05) is 0 Å². The summed E-state index contributed by atoms with van der Waals surface area (Å²) in [5, 5.41) is 20.2. The summed E-state index contributed by atoms with van der Waals surface area (Å²) in [5.74, 6) is 0.813. The number of hydrogen-bond donors (Lipinski definition) is 0. The predicted octanol–water partition coefficient (Wildman–Crippen LogP) is 3.49. The van der Waals surface area contributed by atoms with Crippen LogP contribution >= 0.6 is 34.4 Å². The first kappa shape index (κ1) is 12.5. The third-order valence-corrected chi connectivity index (χ3v) is 5.61. The molecule has 0 N–H and O–H groups in total. The summed E-state index contributed by atoms with van der Waals surface area (Å²) in [7, 11) is 0. The molecule has 4 rings (SSSR count). The molecule has 1 saturated carbocycles. The van der Waals surface area contributed by atoms with Crippen LogP contribution in [0.1, 0.15) is 24.6 Å². The first-order chi connectivity index (χ1) is 9.90. The Labute approximate surface area is 128 Å². The molecular formula is C12H11N5S3. The van der Waals surface area contributed by atoms with Gasteiger partial charge in [-0.2, -0.15) is 11.3 Å². The van der Waals surface area contributed by atoms with Gasteiger partial charge in [0.1, 0.15) is 5.01 Å². The van der Waals surface area contributed by atoms with Gasteiger partial charge in [0.05, 0.1) is 11.7 Å². The minimum Gasteiger partial charge on any atom is -0.240 e. The summed E-state index contributed by atoms with van der Waals surface area (Å²) >= 11 is 5.05. The fourth-order valence-corrected chi connectivity index (χ4v) is 4.33. The minimum absolute atomic E-state index is 0.518. The van der Waals surface area contributed by atoms with E-state index in [2.05, 4.69) is 42.7 Å². The van der Waals surface area contributed by atoms with Crippen molar-refractivity contribution in [3.8, 4) is 10.6 Å². The van der Waals surface area contributed by atoms with Crippen molar-refractivity contribution < 1.29 is 0 Å². The monoisotopic (exact) mass is 321 g/mol. The van der Waals surface area contributed by atoms with Gasteiger partial charge in [-0.25, -0.2) is 9.67 Å². The standard InChI is InChI=1S/C12H11N5S3/c1-2-10(1)17-12(14-15-16-17)20-7-9-6-19-11(13-9)8-3-4-18-5-8/h3-6,10H,1-2,7H2. The van der Waals surface area contributed by atoms with E-state index in [0.717, 1.165) is 21.6 Å². The molecule has 0 atom stereocenters. The van der Waals surface area contributed by atoms with E-state index >= 15 is 0 Å². The number of nitrogens with zero attached hydrogens (tertiary/aromatic N) is 5. The normalized spacial score (nSPS) is 14.8. The van der Waals surface area contributed by atoms with Gasteiger partial charge in [0.15, 0.2) is 0 Å². The maximum atomic E-state index is 4.67. The fourth-order valence-electron chi connectivity index (χ4n) is 1.86.